The van der Waals surface area contributed by atoms with Gasteiger partial charge in [-0.15, -0.1) is 0 Å². The first-order valence-electron chi connectivity index (χ1n) is 7.25. The fraction of sp³-hybridized carbons (Fsp3) is 0.588. The lowest BCUT2D eigenvalue weighted by atomic mass is 9.78. The Morgan fingerprint density at radius 3 is 2.26 bits per heavy atom. The van der Waals surface area contributed by atoms with Gasteiger partial charge < -0.3 is 0 Å². The molecule has 1 aliphatic rings. The van der Waals surface area contributed by atoms with Gasteiger partial charge in [0.1, 0.15) is 0 Å². The van der Waals surface area contributed by atoms with E-state index in [1.54, 1.807) is 6.92 Å². The van der Waals surface area contributed by atoms with Gasteiger partial charge in [0.2, 0.25) is 0 Å². The zero-order chi connectivity index (χ0) is 14.5. The Hall–Kier alpha value is -0.630. The Bertz CT molecular complexity index is 431. The summed E-state index contributed by atoms with van der Waals surface area (Å²) in [6.07, 6.45) is 6.20. The van der Waals surface area contributed by atoms with Gasteiger partial charge in [-0.3, -0.25) is 4.79 Å². The van der Waals surface area contributed by atoms with Gasteiger partial charge in [0.05, 0.1) is 0 Å². The molecule has 0 saturated heterocycles. The molecular weight excluding hydrogens is 300 g/mol. The second-order valence-electron chi connectivity index (χ2n) is 5.72. The molecule has 0 amide bonds. The highest BCUT2D eigenvalue weighted by atomic mass is 79.9. The molecule has 0 aromatic heterocycles. The van der Waals surface area contributed by atoms with Crippen molar-refractivity contribution < 1.29 is 4.79 Å². The quantitative estimate of drug-likeness (QED) is 0.619. The summed E-state index contributed by atoms with van der Waals surface area (Å²) in [6, 6.07) is 6.03. The fourth-order valence-corrected chi connectivity index (χ4v) is 3.11. The van der Waals surface area contributed by atoms with Crippen molar-refractivity contribution in [2.45, 2.75) is 65.2 Å². The van der Waals surface area contributed by atoms with Crippen LogP contribution in [0.4, 0.5) is 0 Å². The molecule has 0 unspecified atom stereocenters. The molecule has 1 aromatic carbocycles. The van der Waals surface area contributed by atoms with E-state index in [0.717, 1.165) is 10.0 Å². The monoisotopic (exact) mass is 324 g/mol. The van der Waals surface area contributed by atoms with Crippen molar-refractivity contribution in [1.29, 1.82) is 0 Å². The number of benzene rings is 1. The zero-order valence-corrected chi connectivity index (χ0v) is 14.1. The Balaban J connectivity index is 0.000000550. The van der Waals surface area contributed by atoms with Crippen LogP contribution in [-0.4, -0.2) is 5.78 Å². The number of halogens is 1. The molecule has 1 aromatic rings. The number of carbonyl (C=O) groups excluding carboxylic acids is 1. The summed E-state index contributed by atoms with van der Waals surface area (Å²) in [5.74, 6) is 0.177. The van der Waals surface area contributed by atoms with E-state index in [2.05, 4.69) is 42.8 Å². The third kappa shape index (κ3) is 4.17. The summed E-state index contributed by atoms with van der Waals surface area (Å²) in [5, 5.41) is 0. The summed E-state index contributed by atoms with van der Waals surface area (Å²) < 4.78 is 1.07. The highest BCUT2D eigenvalue weighted by Gasteiger charge is 2.33. The minimum absolute atomic E-state index is 0.177. The normalized spacial score (nSPS) is 16.7. The molecule has 1 nitrogen and oxygen atoms in total. The molecule has 2 rings (SSSR count). The number of ketones is 1. The average molecular weight is 325 g/mol. The van der Waals surface area contributed by atoms with Crippen LogP contribution in [-0.2, 0) is 5.41 Å². The molecule has 0 atom stereocenters. The maximum atomic E-state index is 11.7. The summed E-state index contributed by atoms with van der Waals surface area (Å²) >= 11 is 3.51. The Morgan fingerprint density at radius 2 is 1.79 bits per heavy atom. The van der Waals surface area contributed by atoms with Crippen LogP contribution < -0.4 is 0 Å². The molecule has 0 radical (unpaired) electrons. The van der Waals surface area contributed by atoms with E-state index in [9.17, 15) is 4.79 Å². The minimum atomic E-state index is 0.177. The smallest absolute Gasteiger partial charge is 0.160 e. The van der Waals surface area contributed by atoms with E-state index in [4.69, 9.17) is 0 Å². The molecular formula is C17H25BrO. The van der Waals surface area contributed by atoms with Crippen molar-refractivity contribution in [2.24, 2.45) is 0 Å². The first kappa shape index (κ1) is 16.4. The standard InChI is InChI=1S/C14H17BrO.C3H8/c1-10(16)12-6-5-11(15)9-13(12)14(2)7-3-4-8-14;1-3-2/h5-6,9H,3-4,7-8H2,1-2H3;3H2,1-2H3. The summed E-state index contributed by atoms with van der Waals surface area (Å²) in [7, 11) is 0. The Labute approximate surface area is 125 Å². The Morgan fingerprint density at radius 1 is 1.26 bits per heavy atom. The largest absolute Gasteiger partial charge is 0.295 e. The third-order valence-corrected chi connectivity index (χ3v) is 4.21. The third-order valence-electron chi connectivity index (χ3n) is 3.72. The highest BCUT2D eigenvalue weighted by molar-refractivity contribution is 9.10. The maximum absolute atomic E-state index is 11.7. The van der Waals surface area contributed by atoms with Gasteiger partial charge in [-0.05, 0) is 42.9 Å². The second-order valence-corrected chi connectivity index (χ2v) is 6.64. The predicted octanol–water partition coefficient (Wildman–Crippen LogP) is 5.90. The van der Waals surface area contributed by atoms with Crippen molar-refractivity contribution in [2.75, 3.05) is 0 Å². The van der Waals surface area contributed by atoms with Crippen molar-refractivity contribution in [3.8, 4) is 0 Å². The topological polar surface area (TPSA) is 17.1 Å². The predicted molar refractivity (Wildman–Crippen MR) is 85.9 cm³/mol. The highest BCUT2D eigenvalue weighted by Crippen LogP contribution is 2.42. The van der Waals surface area contributed by atoms with E-state index in [1.807, 2.05) is 12.1 Å². The van der Waals surface area contributed by atoms with Gasteiger partial charge in [0.15, 0.2) is 5.78 Å². The van der Waals surface area contributed by atoms with E-state index in [-0.39, 0.29) is 11.2 Å². The van der Waals surface area contributed by atoms with Crippen LogP contribution in [0.1, 0.15) is 75.7 Å². The molecule has 0 bridgehead atoms. The molecule has 1 fully saturated rings. The van der Waals surface area contributed by atoms with E-state index in [1.165, 1.54) is 37.7 Å². The zero-order valence-electron chi connectivity index (χ0n) is 12.6. The van der Waals surface area contributed by atoms with Crippen LogP contribution in [0.2, 0.25) is 0 Å². The van der Waals surface area contributed by atoms with Gasteiger partial charge in [0, 0.05) is 10.0 Å². The molecule has 1 saturated carbocycles. The number of hydrogen-bond donors (Lipinski definition) is 0. The molecule has 1 aliphatic carbocycles. The van der Waals surface area contributed by atoms with Crippen LogP contribution in [0, 0.1) is 0 Å². The number of rotatable bonds is 2. The van der Waals surface area contributed by atoms with E-state index in [0.29, 0.717) is 0 Å². The number of hydrogen-bond acceptors (Lipinski definition) is 1. The van der Waals surface area contributed by atoms with Gasteiger partial charge in [-0.25, -0.2) is 0 Å². The summed E-state index contributed by atoms with van der Waals surface area (Å²) in [4.78, 5) is 11.7. The van der Waals surface area contributed by atoms with Gasteiger partial charge in [-0.1, -0.05) is 62.0 Å². The van der Waals surface area contributed by atoms with Crippen LogP contribution in [0.5, 0.6) is 0 Å². The van der Waals surface area contributed by atoms with Crippen molar-refractivity contribution >= 4 is 21.7 Å². The van der Waals surface area contributed by atoms with Crippen molar-refractivity contribution in [3.05, 3.63) is 33.8 Å². The minimum Gasteiger partial charge on any atom is -0.295 e. The van der Waals surface area contributed by atoms with Gasteiger partial charge in [0.25, 0.3) is 0 Å². The van der Waals surface area contributed by atoms with Crippen LogP contribution >= 0.6 is 15.9 Å². The fourth-order valence-electron chi connectivity index (χ4n) is 2.75. The first-order chi connectivity index (χ1) is 8.94. The van der Waals surface area contributed by atoms with E-state index < -0.39 is 0 Å². The second kappa shape index (κ2) is 7.23. The SMILES string of the molecule is CC(=O)c1ccc(Br)cc1C1(C)CCCC1.CCC. The van der Waals surface area contributed by atoms with Crippen LogP contribution in [0.3, 0.4) is 0 Å². The van der Waals surface area contributed by atoms with Crippen LogP contribution in [0.15, 0.2) is 22.7 Å². The summed E-state index contributed by atoms with van der Waals surface area (Å²) in [6.45, 7) is 8.19. The molecule has 0 N–H and O–H groups in total. The molecule has 106 valence electrons. The molecule has 0 aliphatic heterocycles. The lowest BCUT2D eigenvalue weighted by molar-refractivity contribution is 0.101. The lowest BCUT2D eigenvalue weighted by Crippen LogP contribution is -2.20. The van der Waals surface area contributed by atoms with Gasteiger partial charge in [-0.2, -0.15) is 0 Å². The molecule has 2 heteroatoms. The van der Waals surface area contributed by atoms with E-state index >= 15 is 0 Å². The first-order valence-corrected chi connectivity index (χ1v) is 8.05. The van der Waals surface area contributed by atoms with Crippen molar-refractivity contribution in [1.82, 2.24) is 0 Å². The van der Waals surface area contributed by atoms with Gasteiger partial charge >= 0.3 is 0 Å². The number of carbonyl (C=O) groups is 1. The van der Waals surface area contributed by atoms with Crippen molar-refractivity contribution in [3.63, 3.8) is 0 Å². The average Bonchev–Trinajstić information content (AvgIpc) is 2.78. The molecule has 0 spiro atoms. The van der Waals surface area contributed by atoms with Crippen LogP contribution in [0.25, 0.3) is 0 Å². The molecule has 19 heavy (non-hydrogen) atoms. The maximum Gasteiger partial charge on any atom is 0.160 e. The Kier molecular flexibility index (Phi) is 6.25. The molecule has 0 heterocycles. The summed E-state index contributed by atoms with van der Waals surface area (Å²) in [5.41, 5.74) is 2.32. The number of Topliss-reactive ketones (excluding diaryl/α,β-unsaturated/α-hetero) is 1. The lowest BCUT2D eigenvalue weighted by Gasteiger charge is -2.26.